The molecule has 0 spiro atoms. The molecule has 8 heteroatoms. The Balaban J connectivity index is 2.09. The predicted molar refractivity (Wildman–Crippen MR) is 85.3 cm³/mol. The highest BCUT2D eigenvalue weighted by molar-refractivity contribution is 6.48. The van der Waals surface area contributed by atoms with Crippen molar-refractivity contribution >= 4 is 58.2 Å². The van der Waals surface area contributed by atoms with Gasteiger partial charge in [-0.2, -0.15) is 0 Å². The van der Waals surface area contributed by atoms with E-state index in [0.717, 1.165) is 0 Å². The van der Waals surface area contributed by atoms with E-state index in [4.69, 9.17) is 51.1 Å². The lowest BCUT2D eigenvalue weighted by molar-refractivity contribution is 0.0469. The minimum Gasteiger partial charge on any atom is -0.453 e. The minimum atomic E-state index is -0.885. The molecule has 0 saturated heterocycles. The van der Waals surface area contributed by atoms with Crippen LogP contribution in [0.3, 0.4) is 0 Å². The van der Waals surface area contributed by atoms with Crippen molar-refractivity contribution in [2.24, 2.45) is 0 Å². The highest BCUT2D eigenvalue weighted by Gasteiger charge is 2.20. The van der Waals surface area contributed by atoms with Gasteiger partial charge in [0.15, 0.2) is 12.3 Å². The first-order chi connectivity index (χ1) is 10.4. The third-order valence-electron chi connectivity index (χ3n) is 2.62. The Morgan fingerprint density at radius 1 is 1.00 bits per heavy atom. The Morgan fingerprint density at radius 3 is 2.36 bits per heavy atom. The van der Waals surface area contributed by atoms with E-state index in [1.54, 1.807) is 18.2 Å². The largest absolute Gasteiger partial charge is 0.453 e. The van der Waals surface area contributed by atoms with Gasteiger partial charge in [0, 0.05) is 11.8 Å². The van der Waals surface area contributed by atoms with E-state index in [9.17, 15) is 9.59 Å². The van der Waals surface area contributed by atoms with Gasteiger partial charge >= 0.3 is 5.97 Å². The van der Waals surface area contributed by atoms with E-state index in [-0.39, 0.29) is 31.3 Å². The molecule has 0 radical (unpaired) electrons. The molecule has 4 nitrogen and oxygen atoms in total. The van der Waals surface area contributed by atoms with Crippen LogP contribution in [-0.4, -0.2) is 23.3 Å². The van der Waals surface area contributed by atoms with Crippen LogP contribution in [0, 0.1) is 0 Å². The molecule has 22 heavy (non-hydrogen) atoms. The Bertz CT molecular complexity index is 749. The van der Waals surface area contributed by atoms with Crippen molar-refractivity contribution in [2.45, 2.75) is 0 Å². The van der Waals surface area contributed by atoms with Gasteiger partial charge in [0.2, 0.25) is 5.78 Å². The zero-order chi connectivity index (χ0) is 16.3. The van der Waals surface area contributed by atoms with Gasteiger partial charge in [-0.3, -0.25) is 4.79 Å². The van der Waals surface area contributed by atoms with Gasteiger partial charge in [0.1, 0.15) is 0 Å². The van der Waals surface area contributed by atoms with Crippen LogP contribution in [0.1, 0.15) is 20.8 Å². The number of aromatic nitrogens is 1. The maximum Gasteiger partial charge on any atom is 0.358 e. The van der Waals surface area contributed by atoms with Crippen LogP contribution in [0.2, 0.25) is 20.1 Å². The molecular weight excluding hydrogens is 372 g/mol. The fraction of sp³-hybridized carbons (Fsp3) is 0.0714. The number of benzene rings is 1. The van der Waals surface area contributed by atoms with Crippen molar-refractivity contribution in [1.29, 1.82) is 0 Å². The van der Waals surface area contributed by atoms with Crippen LogP contribution in [0.25, 0.3) is 0 Å². The minimum absolute atomic E-state index is 0.0114. The molecule has 0 fully saturated rings. The number of halogens is 4. The van der Waals surface area contributed by atoms with E-state index in [1.165, 1.54) is 12.3 Å². The standard InChI is InChI=1S/C14H7Cl4NO3/c15-8-4-2-1-3-7(8)10(20)6-22-14(21)13-12(18)11(17)9(16)5-19-13/h1-5H,6H2. The van der Waals surface area contributed by atoms with E-state index in [2.05, 4.69) is 4.98 Å². The number of nitrogens with zero attached hydrogens (tertiary/aromatic N) is 1. The summed E-state index contributed by atoms with van der Waals surface area (Å²) in [5.41, 5.74) is 0.0354. The van der Waals surface area contributed by atoms with Gasteiger partial charge in [0.25, 0.3) is 0 Å². The number of carbonyl (C=O) groups excluding carboxylic acids is 2. The Kier molecular flexibility index (Phi) is 5.64. The number of ketones is 1. The van der Waals surface area contributed by atoms with Crippen LogP contribution in [0.4, 0.5) is 0 Å². The third kappa shape index (κ3) is 3.70. The number of hydrogen-bond acceptors (Lipinski definition) is 4. The number of esters is 1. The van der Waals surface area contributed by atoms with Crippen molar-refractivity contribution in [1.82, 2.24) is 4.98 Å². The quantitative estimate of drug-likeness (QED) is 0.569. The van der Waals surface area contributed by atoms with Crippen molar-refractivity contribution in [3.05, 3.63) is 61.8 Å². The Hall–Kier alpha value is -1.33. The molecule has 0 N–H and O–H groups in total. The number of hydrogen-bond donors (Lipinski definition) is 0. The van der Waals surface area contributed by atoms with Gasteiger partial charge in [-0.1, -0.05) is 58.5 Å². The second-order valence-electron chi connectivity index (χ2n) is 4.06. The SMILES string of the molecule is O=C(COC(=O)c1ncc(Cl)c(Cl)c1Cl)c1ccccc1Cl. The molecule has 0 bridgehead atoms. The topological polar surface area (TPSA) is 56.3 Å². The summed E-state index contributed by atoms with van der Waals surface area (Å²) in [6, 6.07) is 6.43. The van der Waals surface area contributed by atoms with Crippen molar-refractivity contribution < 1.29 is 14.3 Å². The Labute approximate surface area is 145 Å². The van der Waals surface area contributed by atoms with Gasteiger partial charge < -0.3 is 4.74 Å². The summed E-state index contributed by atoms with van der Waals surface area (Å²) in [7, 11) is 0. The van der Waals surface area contributed by atoms with E-state index in [0.29, 0.717) is 0 Å². The summed E-state index contributed by atoms with van der Waals surface area (Å²) < 4.78 is 4.88. The lowest BCUT2D eigenvalue weighted by Gasteiger charge is -2.07. The normalized spacial score (nSPS) is 10.4. The second-order valence-corrected chi connectivity index (χ2v) is 5.63. The van der Waals surface area contributed by atoms with Gasteiger partial charge in [-0.15, -0.1) is 0 Å². The van der Waals surface area contributed by atoms with Crippen LogP contribution in [0.15, 0.2) is 30.5 Å². The monoisotopic (exact) mass is 377 g/mol. The molecular formula is C14H7Cl4NO3. The smallest absolute Gasteiger partial charge is 0.358 e. The van der Waals surface area contributed by atoms with Gasteiger partial charge in [-0.05, 0) is 12.1 Å². The van der Waals surface area contributed by atoms with Crippen LogP contribution in [0.5, 0.6) is 0 Å². The summed E-state index contributed by atoms with van der Waals surface area (Å²) in [6.45, 7) is -0.499. The molecule has 2 rings (SSSR count). The predicted octanol–water partition coefficient (Wildman–Crippen LogP) is 4.73. The zero-order valence-corrected chi connectivity index (χ0v) is 13.8. The average molecular weight is 379 g/mol. The van der Waals surface area contributed by atoms with E-state index in [1.807, 2.05) is 0 Å². The molecule has 1 aromatic carbocycles. The number of pyridine rings is 1. The van der Waals surface area contributed by atoms with Crippen LogP contribution < -0.4 is 0 Å². The average Bonchev–Trinajstić information content (AvgIpc) is 2.50. The summed E-state index contributed by atoms with van der Waals surface area (Å²) in [5.74, 6) is -1.33. The number of Topliss-reactive ketones (excluding diaryl/α,β-unsaturated/α-hetero) is 1. The molecule has 0 aliphatic carbocycles. The molecule has 1 heterocycles. The Morgan fingerprint density at radius 2 is 1.68 bits per heavy atom. The summed E-state index contributed by atoms with van der Waals surface area (Å²) in [6.07, 6.45) is 1.17. The maximum atomic E-state index is 11.9. The first kappa shape index (κ1) is 17.0. The molecule has 0 aliphatic heterocycles. The van der Waals surface area contributed by atoms with Crippen LogP contribution >= 0.6 is 46.4 Å². The lowest BCUT2D eigenvalue weighted by Crippen LogP contribution is -2.16. The molecule has 0 atom stereocenters. The summed E-state index contributed by atoms with van der Waals surface area (Å²) >= 11 is 23.3. The van der Waals surface area contributed by atoms with Crippen molar-refractivity contribution in [3.8, 4) is 0 Å². The molecule has 0 unspecified atom stereocenters. The first-order valence-corrected chi connectivity index (χ1v) is 7.37. The highest BCUT2D eigenvalue weighted by Crippen LogP contribution is 2.31. The van der Waals surface area contributed by atoms with Crippen molar-refractivity contribution in [2.75, 3.05) is 6.61 Å². The molecule has 0 amide bonds. The first-order valence-electron chi connectivity index (χ1n) is 5.86. The zero-order valence-electron chi connectivity index (χ0n) is 10.8. The van der Waals surface area contributed by atoms with E-state index >= 15 is 0 Å². The number of carbonyl (C=O) groups is 2. The maximum absolute atomic E-state index is 11.9. The fourth-order valence-corrected chi connectivity index (χ4v) is 2.35. The molecule has 2 aromatic rings. The molecule has 1 aromatic heterocycles. The molecule has 0 aliphatic rings. The van der Waals surface area contributed by atoms with Gasteiger partial charge in [0.05, 0.1) is 20.1 Å². The lowest BCUT2D eigenvalue weighted by atomic mass is 10.1. The summed E-state index contributed by atoms with van der Waals surface area (Å²) in [5, 5.41) is 0.233. The van der Waals surface area contributed by atoms with Gasteiger partial charge in [-0.25, -0.2) is 9.78 Å². The van der Waals surface area contributed by atoms with Crippen LogP contribution in [-0.2, 0) is 4.74 Å². The van der Waals surface area contributed by atoms with E-state index < -0.39 is 18.4 Å². The highest BCUT2D eigenvalue weighted by atomic mass is 35.5. The van der Waals surface area contributed by atoms with Crippen molar-refractivity contribution in [3.63, 3.8) is 0 Å². The third-order valence-corrected chi connectivity index (χ3v) is 4.19. The summed E-state index contributed by atoms with van der Waals surface area (Å²) in [4.78, 5) is 27.6. The number of rotatable bonds is 4. The second kappa shape index (κ2) is 7.29. The fourth-order valence-electron chi connectivity index (χ4n) is 1.55. The molecule has 0 saturated carbocycles. The number of ether oxygens (including phenoxy) is 1. The molecule has 114 valence electrons.